The Morgan fingerprint density at radius 3 is 2.56 bits per heavy atom. The fourth-order valence-electron chi connectivity index (χ4n) is 3.63. The van der Waals surface area contributed by atoms with E-state index in [4.69, 9.17) is 4.74 Å². The third-order valence-corrected chi connectivity index (χ3v) is 5.14. The van der Waals surface area contributed by atoms with Gasteiger partial charge in [-0.15, -0.1) is 0 Å². The summed E-state index contributed by atoms with van der Waals surface area (Å²) in [6.07, 6.45) is 1.93. The summed E-state index contributed by atoms with van der Waals surface area (Å²) < 4.78 is 9.12. The van der Waals surface area contributed by atoms with Gasteiger partial charge in [-0.25, -0.2) is 13.9 Å². The number of imide groups is 1. The average molecular weight is 368 g/mol. The van der Waals surface area contributed by atoms with Gasteiger partial charge in [0, 0.05) is 13.6 Å². The molecule has 8 nitrogen and oxygen atoms in total. The molecule has 0 saturated carbocycles. The van der Waals surface area contributed by atoms with E-state index in [2.05, 4.69) is 9.56 Å². The van der Waals surface area contributed by atoms with Crippen LogP contribution in [0.4, 0.5) is 10.7 Å². The number of benzene rings is 1. The van der Waals surface area contributed by atoms with Crippen molar-refractivity contribution in [2.45, 2.75) is 26.4 Å². The number of carbonyl (C=O) groups excluding carboxylic acids is 2. The fraction of sp³-hybridized carbons (Fsp3) is 0.368. The topological polar surface area (TPSA) is 71.0 Å². The molecule has 2 aromatic rings. The largest absolute Gasteiger partial charge is 0.497 e. The van der Waals surface area contributed by atoms with Crippen LogP contribution < -0.4 is 9.30 Å². The SMILES string of the molecule is CCN1C(=O)C2C(=Nc3n(Cc4ccc(OC)cc4)c(C)c[n+]32)N(C)C1=O. The lowest BCUT2D eigenvalue weighted by molar-refractivity contribution is -0.677. The number of methoxy groups -OCH3 is 1. The molecule has 2 aliphatic heterocycles. The Labute approximate surface area is 157 Å². The Bertz CT molecular complexity index is 960. The van der Waals surface area contributed by atoms with E-state index in [1.807, 2.05) is 42.0 Å². The summed E-state index contributed by atoms with van der Waals surface area (Å²) in [5.41, 5.74) is 2.10. The summed E-state index contributed by atoms with van der Waals surface area (Å²) in [7, 11) is 3.30. The molecule has 8 heteroatoms. The molecule has 1 saturated heterocycles. The Morgan fingerprint density at radius 2 is 1.93 bits per heavy atom. The van der Waals surface area contributed by atoms with E-state index in [1.165, 1.54) is 9.80 Å². The molecule has 3 amide bonds. The average Bonchev–Trinajstić information content (AvgIpc) is 3.17. The number of amides is 3. The van der Waals surface area contributed by atoms with Crippen molar-refractivity contribution >= 4 is 23.7 Å². The molecule has 3 heterocycles. The number of carbonyl (C=O) groups is 2. The number of ether oxygens (including phenoxy) is 1. The third kappa shape index (κ3) is 2.51. The maximum Gasteiger partial charge on any atom is 0.402 e. The second-order valence-corrected chi connectivity index (χ2v) is 6.71. The number of fused-ring (bicyclic) bond motifs is 3. The summed E-state index contributed by atoms with van der Waals surface area (Å²) in [5, 5.41) is 0. The highest BCUT2D eigenvalue weighted by Gasteiger charge is 2.52. The van der Waals surface area contributed by atoms with Crippen molar-refractivity contribution in [3.63, 3.8) is 0 Å². The Balaban J connectivity index is 1.73. The van der Waals surface area contributed by atoms with Crippen LogP contribution in [0.5, 0.6) is 5.75 Å². The molecular formula is C19H22N5O3+. The van der Waals surface area contributed by atoms with Crippen molar-refractivity contribution in [3.05, 3.63) is 41.7 Å². The maximum absolute atomic E-state index is 12.9. The fourth-order valence-corrected chi connectivity index (χ4v) is 3.63. The standard InChI is InChI=1S/C19H22N5O3/c1-5-22-17(25)15-16(21(3)19(22)26)20-18-23(12(2)10-24(15)18)11-13-6-8-14(27-4)9-7-13/h6-10,15H,5,11H2,1-4H3/q+1. The summed E-state index contributed by atoms with van der Waals surface area (Å²) in [4.78, 5) is 32.7. The van der Waals surface area contributed by atoms with Gasteiger partial charge in [0.15, 0.2) is 0 Å². The molecule has 0 aliphatic carbocycles. The number of nitrogens with zero attached hydrogens (tertiary/aromatic N) is 5. The monoisotopic (exact) mass is 368 g/mol. The lowest BCUT2D eigenvalue weighted by Crippen LogP contribution is -2.62. The number of likely N-dealkylation sites (N-methyl/N-ethyl adjacent to an activating group) is 2. The van der Waals surface area contributed by atoms with Gasteiger partial charge in [-0.1, -0.05) is 17.1 Å². The Hall–Kier alpha value is -3.16. The van der Waals surface area contributed by atoms with Gasteiger partial charge in [-0.3, -0.25) is 14.6 Å². The normalized spacial score (nSPS) is 18.5. The highest BCUT2D eigenvalue weighted by atomic mass is 16.5. The van der Waals surface area contributed by atoms with Gasteiger partial charge in [-0.2, -0.15) is 0 Å². The van der Waals surface area contributed by atoms with E-state index in [9.17, 15) is 9.59 Å². The maximum atomic E-state index is 12.9. The first-order chi connectivity index (χ1) is 13.0. The number of imidazole rings is 1. The predicted octanol–water partition coefficient (Wildman–Crippen LogP) is 1.64. The molecule has 4 rings (SSSR count). The number of rotatable bonds is 4. The van der Waals surface area contributed by atoms with Crippen molar-refractivity contribution in [3.8, 4) is 5.75 Å². The van der Waals surface area contributed by atoms with Gasteiger partial charge < -0.3 is 4.74 Å². The minimum atomic E-state index is -0.585. The van der Waals surface area contributed by atoms with Crippen LogP contribution >= 0.6 is 0 Å². The van der Waals surface area contributed by atoms with Crippen molar-refractivity contribution in [1.29, 1.82) is 0 Å². The van der Waals surface area contributed by atoms with E-state index in [0.29, 0.717) is 24.9 Å². The number of aromatic nitrogens is 2. The molecule has 0 spiro atoms. The van der Waals surface area contributed by atoms with Crippen LogP contribution in [0.2, 0.25) is 0 Å². The number of hydrogen-bond acceptors (Lipinski definition) is 4. The summed E-state index contributed by atoms with van der Waals surface area (Å²) >= 11 is 0. The number of urea groups is 1. The van der Waals surface area contributed by atoms with Crippen molar-refractivity contribution in [1.82, 2.24) is 14.4 Å². The first kappa shape index (κ1) is 17.3. The summed E-state index contributed by atoms with van der Waals surface area (Å²) in [6, 6.07) is 6.93. The number of hydrogen-bond donors (Lipinski definition) is 0. The predicted molar refractivity (Wildman–Crippen MR) is 98.1 cm³/mol. The van der Waals surface area contributed by atoms with Crippen LogP contribution in [0.3, 0.4) is 0 Å². The molecule has 1 unspecified atom stereocenters. The van der Waals surface area contributed by atoms with Gasteiger partial charge in [0.25, 0.3) is 5.91 Å². The second kappa shape index (κ2) is 6.22. The molecule has 0 radical (unpaired) electrons. The van der Waals surface area contributed by atoms with Crippen molar-refractivity contribution in [2.75, 3.05) is 20.7 Å². The lowest BCUT2D eigenvalue weighted by atomic mass is 10.1. The first-order valence-corrected chi connectivity index (χ1v) is 8.88. The molecule has 27 heavy (non-hydrogen) atoms. The number of aliphatic imine (C=N–C) groups is 1. The Kier molecular flexibility index (Phi) is 3.98. The lowest BCUT2D eigenvalue weighted by Gasteiger charge is -2.32. The van der Waals surface area contributed by atoms with E-state index in [1.54, 1.807) is 21.1 Å². The quantitative estimate of drug-likeness (QED) is 0.771. The van der Waals surface area contributed by atoms with E-state index >= 15 is 0 Å². The second-order valence-electron chi connectivity index (χ2n) is 6.71. The minimum absolute atomic E-state index is 0.232. The highest BCUT2D eigenvalue weighted by molar-refractivity contribution is 6.19. The zero-order valence-corrected chi connectivity index (χ0v) is 15.8. The molecule has 0 bridgehead atoms. The van der Waals surface area contributed by atoms with Crippen molar-refractivity contribution in [2.24, 2.45) is 4.99 Å². The molecule has 0 N–H and O–H groups in total. The van der Waals surface area contributed by atoms with E-state index in [0.717, 1.165) is 17.0 Å². The minimum Gasteiger partial charge on any atom is -0.497 e. The van der Waals surface area contributed by atoms with Gasteiger partial charge in [0.2, 0.25) is 11.9 Å². The smallest absolute Gasteiger partial charge is 0.402 e. The number of amidine groups is 1. The van der Waals surface area contributed by atoms with E-state index in [-0.39, 0.29) is 11.9 Å². The van der Waals surface area contributed by atoms with Gasteiger partial charge in [0.1, 0.15) is 17.6 Å². The first-order valence-electron chi connectivity index (χ1n) is 8.88. The van der Waals surface area contributed by atoms with Crippen molar-refractivity contribution < 1.29 is 18.9 Å². The summed E-state index contributed by atoms with van der Waals surface area (Å²) in [6.45, 7) is 4.74. The Morgan fingerprint density at radius 1 is 1.22 bits per heavy atom. The van der Waals surface area contributed by atoms with Crippen LogP contribution in [-0.2, 0) is 11.3 Å². The van der Waals surface area contributed by atoms with Crippen LogP contribution in [-0.4, -0.2) is 52.8 Å². The van der Waals surface area contributed by atoms with Gasteiger partial charge in [0.05, 0.1) is 13.7 Å². The molecule has 2 aliphatic rings. The summed E-state index contributed by atoms with van der Waals surface area (Å²) in [5.74, 6) is 1.73. The molecule has 1 aromatic heterocycles. The highest BCUT2D eigenvalue weighted by Crippen LogP contribution is 2.29. The third-order valence-electron chi connectivity index (χ3n) is 5.14. The molecule has 1 fully saturated rings. The molecule has 140 valence electrons. The van der Waals surface area contributed by atoms with Gasteiger partial charge in [-0.05, 0) is 31.5 Å². The zero-order chi connectivity index (χ0) is 19.3. The van der Waals surface area contributed by atoms with Gasteiger partial charge >= 0.3 is 12.0 Å². The number of aryl methyl sites for hydroxylation is 1. The van der Waals surface area contributed by atoms with Crippen LogP contribution in [0.25, 0.3) is 0 Å². The van der Waals surface area contributed by atoms with E-state index < -0.39 is 6.04 Å². The van der Waals surface area contributed by atoms with Crippen LogP contribution in [0.15, 0.2) is 35.5 Å². The molecular weight excluding hydrogens is 346 g/mol. The van der Waals surface area contributed by atoms with Crippen LogP contribution in [0, 0.1) is 6.92 Å². The molecule has 1 atom stereocenters. The molecule has 1 aromatic carbocycles. The van der Waals surface area contributed by atoms with Crippen LogP contribution in [0.1, 0.15) is 24.2 Å². The zero-order valence-electron chi connectivity index (χ0n) is 15.8.